The molecular formula is C26H28N4O2. The predicted octanol–water partition coefficient (Wildman–Crippen LogP) is 4.94. The van der Waals surface area contributed by atoms with Crippen LogP contribution in [0.25, 0.3) is 16.6 Å². The molecule has 1 saturated heterocycles. The maximum Gasteiger partial charge on any atom is 0.257 e. The van der Waals surface area contributed by atoms with Gasteiger partial charge in [-0.1, -0.05) is 25.1 Å². The van der Waals surface area contributed by atoms with Crippen LogP contribution in [-0.2, 0) is 6.42 Å². The number of ether oxygens (including phenoxy) is 1. The molecule has 1 N–H and O–H groups in total. The van der Waals surface area contributed by atoms with Gasteiger partial charge in [-0.3, -0.25) is 4.79 Å². The molecule has 2 aromatic heterocycles. The number of hydrogen-bond donors (Lipinski definition) is 1. The maximum absolute atomic E-state index is 13.4. The molecule has 1 aliphatic heterocycles. The van der Waals surface area contributed by atoms with Crippen molar-refractivity contribution in [3.05, 3.63) is 77.7 Å². The zero-order valence-corrected chi connectivity index (χ0v) is 18.5. The third-order valence-corrected chi connectivity index (χ3v) is 6.58. The number of carbonyl (C=O) groups excluding carboxylic acids is 1. The minimum Gasteiger partial charge on any atom is -0.497 e. The fraction of sp³-hybridized carbons (Fsp3) is 0.308. The first-order valence-corrected chi connectivity index (χ1v) is 11.3. The smallest absolute Gasteiger partial charge is 0.257 e. The Bertz CT molecular complexity index is 1230. The first kappa shape index (κ1) is 20.4. The Morgan fingerprint density at radius 1 is 1.16 bits per heavy atom. The Hall–Kier alpha value is -3.54. The van der Waals surface area contributed by atoms with Crippen molar-refractivity contribution in [3.63, 3.8) is 0 Å². The molecule has 1 fully saturated rings. The second-order valence-electron chi connectivity index (χ2n) is 8.33. The highest BCUT2D eigenvalue weighted by Gasteiger charge is 2.28. The van der Waals surface area contributed by atoms with E-state index >= 15 is 0 Å². The molecule has 5 rings (SSSR count). The number of rotatable bonds is 5. The van der Waals surface area contributed by atoms with Gasteiger partial charge in [0, 0.05) is 30.2 Å². The number of carbonyl (C=O) groups is 1. The number of aromatic nitrogens is 3. The molecule has 0 spiro atoms. The summed E-state index contributed by atoms with van der Waals surface area (Å²) < 4.78 is 7.30. The van der Waals surface area contributed by atoms with Crippen molar-refractivity contribution in [2.24, 2.45) is 0 Å². The normalized spacial score (nSPS) is 14.8. The van der Waals surface area contributed by atoms with Crippen LogP contribution in [0, 0.1) is 0 Å². The van der Waals surface area contributed by atoms with Gasteiger partial charge in [-0.2, -0.15) is 5.10 Å². The van der Waals surface area contributed by atoms with Gasteiger partial charge in [0.2, 0.25) is 0 Å². The van der Waals surface area contributed by atoms with E-state index in [1.807, 2.05) is 46.0 Å². The topological polar surface area (TPSA) is 63.1 Å². The first-order chi connectivity index (χ1) is 15.7. The zero-order chi connectivity index (χ0) is 22.1. The average molecular weight is 429 g/mol. The minimum absolute atomic E-state index is 0.0862. The number of aromatic amines is 1. The summed E-state index contributed by atoms with van der Waals surface area (Å²) in [5.74, 6) is 1.38. The van der Waals surface area contributed by atoms with Gasteiger partial charge in [0.1, 0.15) is 5.75 Å². The lowest BCUT2D eigenvalue weighted by atomic mass is 9.89. The lowest BCUT2D eigenvalue weighted by molar-refractivity contribution is 0.0712. The Labute approximate surface area is 187 Å². The number of amides is 1. The van der Waals surface area contributed by atoms with E-state index < -0.39 is 0 Å². The number of nitrogens with one attached hydrogen (secondary N) is 1. The summed E-state index contributed by atoms with van der Waals surface area (Å²) in [7, 11) is 1.70. The lowest BCUT2D eigenvalue weighted by Crippen LogP contribution is -2.38. The second-order valence-corrected chi connectivity index (χ2v) is 8.33. The van der Waals surface area contributed by atoms with E-state index in [4.69, 9.17) is 4.74 Å². The highest BCUT2D eigenvalue weighted by molar-refractivity contribution is 5.95. The molecule has 32 heavy (non-hydrogen) atoms. The number of H-pyrrole nitrogens is 1. The van der Waals surface area contributed by atoms with Crippen LogP contribution in [0.15, 0.2) is 60.9 Å². The number of benzene rings is 2. The number of fused-ring (bicyclic) bond motifs is 1. The lowest BCUT2D eigenvalue weighted by Gasteiger charge is -2.32. The summed E-state index contributed by atoms with van der Waals surface area (Å²) in [6.45, 7) is 3.57. The first-order valence-electron chi connectivity index (χ1n) is 11.3. The Kier molecular flexibility index (Phi) is 5.43. The van der Waals surface area contributed by atoms with E-state index in [1.54, 1.807) is 13.3 Å². The molecule has 0 bridgehead atoms. The van der Waals surface area contributed by atoms with Gasteiger partial charge >= 0.3 is 0 Å². The zero-order valence-electron chi connectivity index (χ0n) is 18.5. The largest absolute Gasteiger partial charge is 0.497 e. The molecule has 0 saturated carbocycles. The van der Waals surface area contributed by atoms with Crippen molar-refractivity contribution >= 4 is 16.8 Å². The molecule has 1 aliphatic rings. The Morgan fingerprint density at radius 3 is 2.66 bits per heavy atom. The third-order valence-electron chi connectivity index (χ3n) is 6.58. The van der Waals surface area contributed by atoms with Crippen molar-refractivity contribution < 1.29 is 9.53 Å². The molecule has 0 radical (unpaired) electrons. The van der Waals surface area contributed by atoms with Crippen molar-refractivity contribution in [1.29, 1.82) is 0 Å². The Morgan fingerprint density at radius 2 is 1.94 bits per heavy atom. The van der Waals surface area contributed by atoms with Crippen LogP contribution in [0.1, 0.15) is 47.3 Å². The summed E-state index contributed by atoms with van der Waals surface area (Å²) in [5.41, 5.74) is 5.10. The van der Waals surface area contributed by atoms with Crippen LogP contribution in [0.5, 0.6) is 5.75 Å². The van der Waals surface area contributed by atoms with E-state index in [9.17, 15) is 4.79 Å². The van der Waals surface area contributed by atoms with E-state index in [1.165, 1.54) is 10.9 Å². The summed E-state index contributed by atoms with van der Waals surface area (Å²) in [4.78, 5) is 18.7. The van der Waals surface area contributed by atoms with Crippen LogP contribution in [0.2, 0.25) is 0 Å². The predicted molar refractivity (Wildman–Crippen MR) is 126 cm³/mol. The number of hydrogen-bond acceptors (Lipinski definition) is 3. The molecule has 0 atom stereocenters. The number of nitrogens with zero attached hydrogens (tertiary/aromatic N) is 3. The SMILES string of the molecule is CCc1c(C(=O)N2CCC(c3c[nH]c4ccc(OC)cc34)CC2)cnn1-c1ccccc1. The van der Waals surface area contributed by atoms with Gasteiger partial charge in [-0.25, -0.2) is 4.68 Å². The molecule has 6 nitrogen and oxygen atoms in total. The van der Waals surface area contributed by atoms with E-state index in [0.717, 1.165) is 55.0 Å². The summed E-state index contributed by atoms with van der Waals surface area (Å²) in [5, 5.41) is 5.75. The fourth-order valence-corrected chi connectivity index (χ4v) is 4.83. The standard InChI is InChI=1S/C26H28N4O2/c1-3-25-23(17-28-30(25)19-7-5-4-6-8-19)26(31)29-13-11-18(12-14-29)22-16-27-24-10-9-20(32-2)15-21(22)24/h4-10,15-18,27H,3,11-14H2,1-2H3. The van der Waals surface area contributed by atoms with Crippen LogP contribution in [0.4, 0.5) is 0 Å². The molecule has 1 amide bonds. The second kappa shape index (κ2) is 8.54. The highest BCUT2D eigenvalue weighted by atomic mass is 16.5. The average Bonchev–Trinajstić information content (AvgIpc) is 3.48. The number of para-hydroxylation sites is 1. The van der Waals surface area contributed by atoms with E-state index in [0.29, 0.717) is 11.5 Å². The molecule has 2 aromatic carbocycles. The van der Waals surface area contributed by atoms with Crippen molar-refractivity contribution in [2.45, 2.75) is 32.1 Å². The minimum atomic E-state index is 0.0862. The molecule has 0 unspecified atom stereocenters. The van der Waals surface area contributed by atoms with Gasteiger partial charge in [0.25, 0.3) is 5.91 Å². The van der Waals surface area contributed by atoms with Crippen molar-refractivity contribution in [1.82, 2.24) is 19.7 Å². The van der Waals surface area contributed by atoms with Crippen LogP contribution < -0.4 is 4.74 Å². The van der Waals surface area contributed by atoms with Gasteiger partial charge in [0.05, 0.1) is 30.3 Å². The maximum atomic E-state index is 13.4. The fourth-order valence-electron chi connectivity index (χ4n) is 4.83. The molecule has 4 aromatic rings. The van der Waals surface area contributed by atoms with Crippen LogP contribution in [-0.4, -0.2) is 45.8 Å². The summed E-state index contributed by atoms with van der Waals surface area (Å²) >= 11 is 0. The molecule has 3 heterocycles. The third kappa shape index (κ3) is 3.55. The highest BCUT2D eigenvalue weighted by Crippen LogP contribution is 2.35. The monoisotopic (exact) mass is 428 g/mol. The number of likely N-dealkylation sites (tertiary alicyclic amines) is 1. The Balaban J connectivity index is 1.33. The molecule has 164 valence electrons. The van der Waals surface area contributed by atoms with Gasteiger partial charge < -0.3 is 14.6 Å². The van der Waals surface area contributed by atoms with Crippen molar-refractivity contribution in [3.8, 4) is 11.4 Å². The summed E-state index contributed by atoms with van der Waals surface area (Å²) in [6, 6.07) is 16.1. The number of piperidine rings is 1. The van der Waals surface area contributed by atoms with E-state index in [2.05, 4.69) is 35.3 Å². The van der Waals surface area contributed by atoms with Gasteiger partial charge in [-0.15, -0.1) is 0 Å². The van der Waals surface area contributed by atoms with Crippen LogP contribution in [0.3, 0.4) is 0 Å². The molecule has 6 heteroatoms. The molecular weight excluding hydrogens is 400 g/mol. The number of methoxy groups -OCH3 is 1. The van der Waals surface area contributed by atoms with Gasteiger partial charge in [0.15, 0.2) is 0 Å². The summed E-state index contributed by atoms with van der Waals surface area (Å²) in [6.07, 6.45) is 6.50. The van der Waals surface area contributed by atoms with Crippen LogP contribution >= 0.6 is 0 Å². The van der Waals surface area contributed by atoms with Gasteiger partial charge in [-0.05, 0) is 61.1 Å². The quantitative estimate of drug-likeness (QED) is 0.489. The van der Waals surface area contributed by atoms with Crippen molar-refractivity contribution in [2.75, 3.05) is 20.2 Å². The van der Waals surface area contributed by atoms with E-state index in [-0.39, 0.29) is 5.91 Å². The molecule has 0 aliphatic carbocycles.